The van der Waals surface area contributed by atoms with Gasteiger partial charge in [0.2, 0.25) is 5.91 Å². The van der Waals surface area contributed by atoms with Gasteiger partial charge in [-0.2, -0.15) is 0 Å². The third kappa shape index (κ3) is 5.90. The number of piperidine rings is 1. The van der Waals surface area contributed by atoms with E-state index in [1.807, 2.05) is 4.90 Å². The third-order valence-electron chi connectivity index (χ3n) is 7.94. The molecule has 1 saturated carbocycles. The van der Waals surface area contributed by atoms with E-state index in [-0.39, 0.29) is 23.2 Å². The lowest BCUT2D eigenvalue weighted by molar-refractivity contribution is -0.122. The van der Waals surface area contributed by atoms with Gasteiger partial charge in [0.05, 0.1) is 11.5 Å². The molecule has 0 aromatic heterocycles. The van der Waals surface area contributed by atoms with Crippen LogP contribution in [0.2, 0.25) is 0 Å². The van der Waals surface area contributed by atoms with E-state index in [0.717, 1.165) is 51.6 Å². The van der Waals surface area contributed by atoms with Gasteiger partial charge in [-0.1, -0.05) is 12.1 Å². The predicted molar refractivity (Wildman–Crippen MR) is 132 cm³/mol. The minimum Gasteiger partial charge on any atom is -0.534 e. The average molecular weight is 485 g/mol. The highest BCUT2D eigenvalue weighted by molar-refractivity contribution is 6.47. The lowest BCUT2D eigenvalue weighted by Crippen LogP contribution is -2.53. The lowest BCUT2D eigenvalue weighted by Gasteiger charge is -2.42. The number of aromatic carboxylic acids is 1. The molecule has 2 fully saturated rings. The van der Waals surface area contributed by atoms with Crippen molar-refractivity contribution in [2.24, 2.45) is 11.7 Å². The maximum absolute atomic E-state index is 12.7. The summed E-state index contributed by atoms with van der Waals surface area (Å²) < 4.78 is 5.48. The van der Waals surface area contributed by atoms with Crippen LogP contribution in [-0.2, 0) is 11.2 Å². The van der Waals surface area contributed by atoms with E-state index in [0.29, 0.717) is 36.4 Å². The molecule has 1 atom stereocenters. The molecular formula is C24H36BN5O5. The second-order valence-electron chi connectivity index (χ2n) is 10.1. The quantitative estimate of drug-likeness (QED) is 0.228. The van der Waals surface area contributed by atoms with E-state index in [4.69, 9.17) is 15.8 Å². The number of nitrogens with two attached hydrogens (primary N) is 1. The first-order chi connectivity index (χ1) is 16.7. The fourth-order valence-corrected chi connectivity index (χ4v) is 5.81. The van der Waals surface area contributed by atoms with Crippen molar-refractivity contribution in [2.75, 3.05) is 20.1 Å². The zero-order valence-corrected chi connectivity index (χ0v) is 20.3. The zero-order valence-electron chi connectivity index (χ0n) is 20.3. The van der Waals surface area contributed by atoms with Crippen molar-refractivity contribution in [1.82, 2.24) is 15.1 Å². The van der Waals surface area contributed by atoms with Crippen molar-refractivity contribution in [3.05, 3.63) is 29.3 Å². The van der Waals surface area contributed by atoms with Crippen molar-refractivity contribution in [3.63, 3.8) is 0 Å². The number of guanidine groups is 1. The number of carbonyl (C=O) groups is 2. The Morgan fingerprint density at radius 3 is 2.49 bits per heavy atom. The number of hydrogen-bond donors (Lipinski definition) is 5. The summed E-state index contributed by atoms with van der Waals surface area (Å²) in [6.07, 6.45) is 6.86. The van der Waals surface area contributed by atoms with Crippen LogP contribution < -0.4 is 15.7 Å². The van der Waals surface area contributed by atoms with Gasteiger partial charge in [-0.05, 0) is 69.5 Å². The molecule has 6 N–H and O–H groups in total. The van der Waals surface area contributed by atoms with Gasteiger partial charge in [-0.15, -0.1) is 0 Å². The summed E-state index contributed by atoms with van der Waals surface area (Å²) in [4.78, 5) is 28.6. The van der Waals surface area contributed by atoms with Gasteiger partial charge >= 0.3 is 13.1 Å². The lowest BCUT2D eigenvalue weighted by atomic mass is 9.72. The van der Waals surface area contributed by atoms with Crippen LogP contribution in [0, 0.1) is 11.3 Å². The van der Waals surface area contributed by atoms with Crippen molar-refractivity contribution >= 4 is 25.0 Å². The molecule has 2 aliphatic heterocycles. The van der Waals surface area contributed by atoms with E-state index in [2.05, 4.69) is 17.3 Å². The Hall–Kier alpha value is -2.79. The molecule has 0 radical (unpaired) electrons. The molecule has 0 spiro atoms. The fourth-order valence-electron chi connectivity index (χ4n) is 5.81. The third-order valence-corrected chi connectivity index (χ3v) is 7.94. The van der Waals surface area contributed by atoms with Gasteiger partial charge in [0, 0.05) is 31.6 Å². The first-order valence-corrected chi connectivity index (χ1v) is 12.5. The average Bonchev–Trinajstić information content (AvgIpc) is 2.84. The summed E-state index contributed by atoms with van der Waals surface area (Å²) in [6.45, 7) is 1.66. The van der Waals surface area contributed by atoms with Gasteiger partial charge in [-0.3, -0.25) is 10.2 Å². The molecule has 1 amide bonds. The molecule has 1 saturated heterocycles. The minimum absolute atomic E-state index is 0.0115. The van der Waals surface area contributed by atoms with E-state index < -0.39 is 19.0 Å². The fraction of sp³-hybridized carbons (Fsp3) is 0.625. The van der Waals surface area contributed by atoms with E-state index in [1.165, 1.54) is 6.07 Å². The van der Waals surface area contributed by atoms with E-state index >= 15 is 0 Å². The largest absolute Gasteiger partial charge is 0.547 e. The summed E-state index contributed by atoms with van der Waals surface area (Å²) in [5.74, 6) is -1.18. The van der Waals surface area contributed by atoms with Gasteiger partial charge < -0.3 is 35.6 Å². The molecule has 35 heavy (non-hydrogen) atoms. The predicted octanol–water partition coefficient (Wildman–Crippen LogP) is 1.06. The summed E-state index contributed by atoms with van der Waals surface area (Å²) in [5.41, 5.74) is 6.29. The number of nitrogens with one attached hydrogen (secondary N) is 2. The zero-order chi connectivity index (χ0) is 25.1. The molecule has 11 heteroatoms. The Labute approximate surface area is 206 Å². The second kappa shape index (κ2) is 10.9. The van der Waals surface area contributed by atoms with Crippen molar-refractivity contribution in [2.45, 2.75) is 69.4 Å². The maximum Gasteiger partial charge on any atom is 0.547 e. The number of amides is 1. The summed E-state index contributed by atoms with van der Waals surface area (Å²) >= 11 is 0. The maximum atomic E-state index is 12.7. The second-order valence-corrected chi connectivity index (χ2v) is 10.1. The molecule has 3 aliphatic rings. The van der Waals surface area contributed by atoms with Crippen molar-refractivity contribution in [1.29, 1.82) is 5.41 Å². The molecule has 1 aromatic rings. The van der Waals surface area contributed by atoms with Crippen LogP contribution in [0.15, 0.2) is 18.2 Å². The van der Waals surface area contributed by atoms with Crippen LogP contribution >= 0.6 is 0 Å². The number of likely N-dealkylation sites (tertiary alicyclic amines) is 1. The Balaban J connectivity index is 1.23. The molecule has 0 bridgehead atoms. The van der Waals surface area contributed by atoms with Crippen LogP contribution in [0.4, 0.5) is 0 Å². The number of nitrogens with zero attached hydrogens (tertiary/aromatic N) is 2. The molecule has 1 aromatic carbocycles. The number of hydrogen-bond acceptors (Lipinski definition) is 6. The normalized spacial score (nSPS) is 25.1. The smallest absolute Gasteiger partial charge is 0.534 e. The molecule has 1 aliphatic carbocycles. The minimum atomic E-state index is -1.29. The van der Waals surface area contributed by atoms with Crippen molar-refractivity contribution < 1.29 is 24.4 Å². The molecule has 10 nitrogen and oxygen atoms in total. The number of fused-ring (bicyclic) bond motifs is 1. The van der Waals surface area contributed by atoms with Crippen molar-refractivity contribution in [3.8, 4) is 5.75 Å². The number of benzene rings is 1. The number of para-hydroxylation sites is 1. The topological polar surface area (TPSA) is 152 Å². The molecule has 4 rings (SSSR count). The van der Waals surface area contributed by atoms with E-state index in [9.17, 15) is 19.7 Å². The van der Waals surface area contributed by atoms with Gasteiger partial charge in [0.15, 0.2) is 5.96 Å². The highest BCUT2D eigenvalue weighted by Crippen LogP contribution is 2.33. The Morgan fingerprint density at radius 2 is 1.86 bits per heavy atom. The highest BCUT2D eigenvalue weighted by atomic mass is 16.5. The van der Waals surface area contributed by atoms with Gasteiger partial charge in [0.1, 0.15) is 5.75 Å². The Morgan fingerprint density at radius 1 is 1.20 bits per heavy atom. The molecule has 0 unspecified atom stereocenters. The van der Waals surface area contributed by atoms with Crippen LogP contribution in [0.3, 0.4) is 0 Å². The molecule has 2 heterocycles. The summed E-state index contributed by atoms with van der Waals surface area (Å²) in [6, 6.07) is 5.86. The van der Waals surface area contributed by atoms with Crippen LogP contribution in [0.25, 0.3) is 0 Å². The van der Waals surface area contributed by atoms with E-state index in [1.54, 1.807) is 12.1 Å². The standard InChI is InChI=1S/C24H36BN5O5/c1-29(18-9-11-30(12-10-18)24(26)27)17-7-5-15(6-8-17)13-21(31)28-20-14-16-3-2-4-19(23(32)33)22(16)35-25(20)34/h2-4,15,17-18,20,34H,5-14H2,1H3,(H3,26,27)(H,28,31)(H,32,33)/t15-,17-,20-/m0/s1. The summed E-state index contributed by atoms with van der Waals surface area (Å²) in [7, 11) is 0.912. The SMILES string of the molecule is CN(C1CCN(C(=N)N)CC1)[C@H]1CC[C@H](CC(=O)N[C@H]2Cc3cccc(C(=O)O)c3OB2O)CC1. The number of carboxylic acids is 1. The van der Waals surface area contributed by atoms with Crippen LogP contribution in [0.5, 0.6) is 5.75 Å². The summed E-state index contributed by atoms with van der Waals surface area (Å²) in [5, 5.41) is 30.2. The number of carbonyl (C=O) groups excluding carboxylic acids is 1. The first-order valence-electron chi connectivity index (χ1n) is 12.5. The highest BCUT2D eigenvalue weighted by Gasteiger charge is 2.38. The Bertz CT molecular complexity index is 946. The van der Waals surface area contributed by atoms with Gasteiger partial charge in [0.25, 0.3) is 0 Å². The Kier molecular flexibility index (Phi) is 7.86. The monoisotopic (exact) mass is 485 g/mol. The number of carboxylic acid groups (broad SMARTS) is 1. The molecular weight excluding hydrogens is 449 g/mol. The molecule has 190 valence electrons. The number of rotatable bonds is 6. The first kappa shape index (κ1) is 25.3. The van der Waals surface area contributed by atoms with Crippen LogP contribution in [-0.4, -0.2) is 83.0 Å². The van der Waals surface area contributed by atoms with Crippen LogP contribution in [0.1, 0.15) is 60.9 Å². The van der Waals surface area contributed by atoms with Gasteiger partial charge in [-0.25, -0.2) is 4.79 Å².